The van der Waals surface area contributed by atoms with E-state index in [1.807, 2.05) is 0 Å². The number of benzene rings is 1. The third-order valence-electron chi connectivity index (χ3n) is 1.17. The number of hydrogen-bond donors (Lipinski definition) is 3. The quantitative estimate of drug-likeness (QED) is 0.459. The Bertz CT molecular complexity index is 311. The molecule has 0 spiro atoms. The Balaban J connectivity index is 0.00000121. The Morgan fingerprint density at radius 1 is 1.25 bits per heavy atom. The summed E-state index contributed by atoms with van der Waals surface area (Å²) in [6.07, 6.45) is 0. The number of hydrogen-bond acceptors (Lipinski definition) is 1. The molecule has 0 aromatic heterocycles. The van der Waals surface area contributed by atoms with Crippen molar-refractivity contribution in [2.24, 2.45) is 0 Å². The van der Waals surface area contributed by atoms with Crippen molar-refractivity contribution in [1.29, 1.82) is 0 Å². The second kappa shape index (κ2) is 4.45. The fourth-order valence-electron chi connectivity index (χ4n) is 0.688. The van der Waals surface area contributed by atoms with E-state index in [1.54, 1.807) is 0 Å². The van der Waals surface area contributed by atoms with Crippen molar-refractivity contribution in [3.05, 3.63) is 30.1 Å². The van der Waals surface area contributed by atoms with Gasteiger partial charge >= 0.3 is 29.6 Å². The minimum absolute atomic E-state index is 0. The van der Waals surface area contributed by atoms with Crippen molar-refractivity contribution in [2.75, 3.05) is 0 Å². The van der Waals surface area contributed by atoms with Crippen molar-refractivity contribution in [3.8, 4) is 0 Å². The zero-order valence-electron chi connectivity index (χ0n) is 5.44. The molecule has 1 aromatic carbocycles. The summed E-state index contributed by atoms with van der Waals surface area (Å²) >= 11 is 0. The Labute approximate surface area is 92.4 Å². The average Bonchev–Trinajstić information content (AvgIpc) is 1.86. The first-order valence-corrected chi connectivity index (χ1v) is 4.43. The molecule has 1 aromatic rings. The van der Waals surface area contributed by atoms with E-state index >= 15 is 0 Å². The van der Waals surface area contributed by atoms with Crippen LogP contribution in [0.15, 0.2) is 29.2 Å². The summed E-state index contributed by atoms with van der Waals surface area (Å²) in [7, 11) is -4.43. The third-order valence-corrected chi connectivity index (χ3v) is 2.16. The summed E-state index contributed by atoms with van der Waals surface area (Å²) in [6.45, 7) is 0. The van der Waals surface area contributed by atoms with Gasteiger partial charge in [0.1, 0.15) is 16.3 Å². The topological polar surface area (TPSA) is 57.5 Å². The molecule has 0 aliphatic heterocycles. The third kappa shape index (κ3) is 2.93. The molecule has 1 rings (SSSR count). The summed E-state index contributed by atoms with van der Waals surface area (Å²) in [4.78, 5) is -0.556. The molecule has 6 heteroatoms. The molecule has 0 atom stereocenters. The molecule has 0 fully saturated rings. The summed E-state index contributed by atoms with van der Waals surface area (Å²) in [6, 6.07) is 4.82. The van der Waals surface area contributed by atoms with Gasteiger partial charge in [-0.2, -0.15) is 0 Å². The Kier molecular flexibility index (Phi) is 4.54. The summed E-state index contributed by atoms with van der Waals surface area (Å²) in [5, 5.41) is 0. The first kappa shape index (κ1) is 12.2. The van der Waals surface area contributed by atoms with E-state index in [1.165, 1.54) is 12.1 Å². The van der Waals surface area contributed by atoms with Crippen LogP contribution in [0.3, 0.4) is 0 Å². The zero-order valence-corrected chi connectivity index (χ0v) is 6.33. The molecule has 0 bridgehead atoms. The molecule has 12 heavy (non-hydrogen) atoms. The minimum atomic E-state index is -4.43. The van der Waals surface area contributed by atoms with Crippen LogP contribution < -0.4 is 0 Å². The fourth-order valence-corrected chi connectivity index (χ4v) is 1.32. The van der Waals surface area contributed by atoms with Gasteiger partial charge in [-0.3, -0.25) is 0 Å². The van der Waals surface area contributed by atoms with Gasteiger partial charge < -0.3 is 9.11 Å². The van der Waals surface area contributed by atoms with Crippen LogP contribution in [0.2, 0.25) is 0 Å². The van der Waals surface area contributed by atoms with Crippen LogP contribution >= 0.6 is 0 Å². The molecular formula is C6H8FNaO3S. The molecule has 0 saturated carbocycles. The van der Waals surface area contributed by atoms with Gasteiger partial charge in [-0.25, -0.2) is 8.60 Å². The molecule has 0 amide bonds. The van der Waals surface area contributed by atoms with Gasteiger partial charge in [0.05, 0.1) is 4.90 Å². The van der Waals surface area contributed by atoms with E-state index < -0.39 is 21.2 Å². The average molecular weight is 202 g/mol. The summed E-state index contributed by atoms with van der Waals surface area (Å²) in [5.41, 5.74) is 0. The van der Waals surface area contributed by atoms with E-state index in [0.717, 1.165) is 12.1 Å². The van der Waals surface area contributed by atoms with Crippen LogP contribution in [-0.4, -0.2) is 42.9 Å². The summed E-state index contributed by atoms with van der Waals surface area (Å²) in [5.74, 6) is -0.874. The zero-order chi connectivity index (χ0) is 8.48. The van der Waals surface area contributed by atoms with Crippen LogP contribution in [0.1, 0.15) is 0 Å². The molecule has 2 N–H and O–H groups in total. The van der Waals surface area contributed by atoms with Crippen molar-refractivity contribution in [3.63, 3.8) is 0 Å². The van der Waals surface area contributed by atoms with E-state index in [-0.39, 0.29) is 29.6 Å². The first-order chi connectivity index (χ1) is 5.02. The molecule has 0 aliphatic rings. The van der Waals surface area contributed by atoms with Crippen LogP contribution in [0, 0.1) is 5.82 Å². The van der Waals surface area contributed by atoms with E-state index in [9.17, 15) is 8.60 Å². The van der Waals surface area contributed by atoms with Crippen LogP contribution in [-0.2, 0) is 10.5 Å². The molecule has 64 valence electrons. The maximum atomic E-state index is 12.6. The van der Waals surface area contributed by atoms with Crippen LogP contribution in [0.5, 0.6) is 0 Å². The van der Waals surface area contributed by atoms with E-state index in [4.69, 9.17) is 9.11 Å². The van der Waals surface area contributed by atoms with Crippen molar-refractivity contribution in [2.45, 2.75) is 4.90 Å². The molecule has 0 heterocycles. The van der Waals surface area contributed by atoms with Gasteiger partial charge in [0.15, 0.2) is 0 Å². The van der Waals surface area contributed by atoms with Gasteiger partial charge in [0, 0.05) is 0 Å². The van der Waals surface area contributed by atoms with Crippen molar-refractivity contribution in [1.82, 2.24) is 0 Å². The normalized spacial score (nSPS) is 11.9. The van der Waals surface area contributed by atoms with Gasteiger partial charge in [0.25, 0.3) is 0 Å². The first-order valence-electron chi connectivity index (χ1n) is 2.82. The second-order valence-corrected chi connectivity index (χ2v) is 3.57. The number of halogens is 1. The standard InChI is InChI=1S/C6H7FO3S.Na.H/c7-5-3-1-2-4-6(5)11(8,9)10;;/h1-4,11H,(H2,8,9,10);;. The molecule has 0 aliphatic carbocycles. The Morgan fingerprint density at radius 2 is 1.75 bits per heavy atom. The SMILES string of the molecule is O=[SH](O)(O)c1ccccc1F.[NaH]. The molecule has 3 nitrogen and oxygen atoms in total. The van der Waals surface area contributed by atoms with Gasteiger partial charge in [-0.15, -0.1) is 0 Å². The van der Waals surface area contributed by atoms with Gasteiger partial charge in [-0.05, 0) is 12.1 Å². The van der Waals surface area contributed by atoms with Crippen LogP contribution in [0.4, 0.5) is 4.39 Å². The summed E-state index contributed by atoms with van der Waals surface area (Å²) < 4.78 is 40.2. The van der Waals surface area contributed by atoms with E-state index in [2.05, 4.69) is 0 Å². The maximum absolute atomic E-state index is 12.6. The monoisotopic (exact) mass is 202 g/mol. The fraction of sp³-hybridized carbons (Fsp3) is 0. The van der Waals surface area contributed by atoms with Gasteiger partial charge in [0.2, 0.25) is 0 Å². The van der Waals surface area contributed by atoms with Crippen molar-refractivity contribution < 1.29 is 17.7 Å². The second-order valence-electron chi connectivity index (χ2n) is 2.00. The molecule has 0 unspecified atom stereocenters. The predicted octanol–water partition coefficient (Wildman–Crippen LogP) is 0.499. The Hall–Kier alpha value is 0.220. The van der Waals surface area contributed by atoms with E-state index in [0.29, 0.717) is 0 Å². The van der Waals surface area contributed by atoms with Gasteiger partial charge in [-0.1, -0.05) is 12.1 Å². The van der Waals surface area contributed by atoms with Crippen LogP contribution in [0.25, 0.3) is 0 Å². The molecular weight excluding hydrogens is 194 g/mol. The van der Waals surface area contributed by atoms with Crippen molar-refractivity contribution >= 4 is 40.1 Å². The molecule has 0 saturated heterocycles. The Morgan fingerprint density at radius 3 is 2.08 bits per heavy atom. The molecule has 0 radical (unpaired) electrons. The predicted molar refractivity (Wildman–Crippen MR) is 46.6 cm³/mol. The number of rotatable bonds is 1. The number of thiol groups is 1.